The van der Waals surface area contributed by atoms with Crippen molar-refractivity contribution in [3.8, 4) is 23.0 Å². The van der Waals surface area contributed by atoms with Gasteiger partial charge in [-0.05, 0) is 61.5 Å². The standard InChI is InChI=1S/C47H66N2O13/c1-23-17-16-18-24(2)44(57)48-30-21-32(59-22-33(51)49(45(8,9)10)46(11,12)13)34-35(40(30)55)39(54)28(6)42-36(34)43(56)47(14,62-42)60-20-19-31(58-15)25(3)41(61-29(7)50)27(5)38(53)26(4)37(23)52/h16-21,23,25-27,31,37-38,41,52-55H,22H2,1-15H3,(H,48,57)/b17-16+,20-19+,24-18+. The number of carbonyl (C=O) groups is 4. The molecule has 5 N–H and O–H groups in total. The van der Waals surface area contributed by atoms with Crippen molar-refractivity contribution in [2.75, 3.05) is 19.0 Å². The van der Waals surface area contributed by atoms with E-state index in [1.165, 1.54) is 59.3 Å². The lowest BCUT2D eigenvalue weighted by molar-refractivity contribution is -0.160. The second-order valence-corrected chi connectivity index (χ2v) is 18.8. The van der Waals surface area contributed by atoms with Gasteiger partial charge in [-0.1, -0.05) is 45.9 Å². The molecule has 2 aromatic rings. The molecule has 3 heterocycles. The molecule has 0 aromatic heterocycles. The zero-order chi connectivity index (χ0) is 47.0. The molecule has 62 heavy (non-hydrogen) atoms. The van der Waals surface area contributed by atoms with Crippen LogP contribution in [0.2, 0.25) is 0 Å². The van der Waals surface area contributed by atoms with Gasteiger partial charge in [-0.15, -0.1) is 0 Å². The van der Waals surface area contributed by atoms with E-state index in [1.807, 2.05) is 41.5 Å². The average molecular weight is 867 g/mol. The van der Waals surface area contributed by atoms with Gasteiger partial charge in [0.2, 0.25) is 0 Å². The molecule has 5 bridgehead atoms. The number of hydrogen-bond donors (Lipinski definition) is 5. The van der Waals surface area contributed by atoms with E-state index in [-0.39, 0.29) is 44.7 Å². The van der Waals surface area contributed by atoms with Crippen LogP contribution in [0.4, 0.5) is 5.69 Å². The third-order valence-corrected chi connectivity index (χ3v) is 11.8. The third-order valence-electron chi connectivity index (χ3n) is 11.8. The lowest BCUT2D eigenvalue weighted by atomic mass is 9.78. The van der Waals surface area contributed by atoms with Crippen LogP contribution in [0.1, 0.15) is 106 Å². The fourth-order valence-corrected chi connectivity index (χ4v) is 8.71. The van der Waals surface area contributed by atoms with Gasteiger partial charge in [-0.3, -0.25) is 19.2 Å². The summed E-state index contributed by atoms with van der Waals surface area (Å²) < 4.78 is 30.0. The minimum Gasteiger partial charge on any atom is -0.507 e. The molecule has 0 aliphatic carbocycles. The Hall–Kier alpha value is -5.12. The Morgan fingerprint density at radius 2 is 1.52 bits per heavy atom. The van der Waals surface area contributed by atoms with E-state index in [1.54, 1.807) is 44.7 Å². The molecule has 0 spiro atoms. The first-order chi connectivity index (χ1) is 28.6. The molecular weight excluding hydrogens is 801 g/mol. The molecule has 5 rings (SSSR count). The Bertz CT molecular complexity index is 2130. The molecule has 9 unspecified atom stereocenters. The van der Waals surface area contributed by atoms with Crippen LogP contribution in [0.15, 0.2) is 42.2 Å². The number of nitrogens with one attached hydrogen (secondary N) is 1. The zero-order valence-electron chi connectivity index (χ0n) is 38.7. The van der Waals surface area contributed by atoms with Crippen LogP contribution >= 0.6 is 0 Å². The number of allylic oxidation sites excluding steroid dienone is 2. The minimum atomic E-state index is -2.04. The number of rotatable bonds is 5. The van der Waals surface area contributed by atoms with E-state index in [0.717, 1.165) is 0 Å². The van der Waals surface area contributed by atoms with Crippen molar-refractivity contribution < 1.29 is 63.3 Å². The Balaban J connectivity index is 1.96. The van der Waals surface area contributed by atoms with Crippen LogP contribution in [-0.4, -0.2) is 104 Å². The highest BCUT2D eigenvalue weighted by Gasteiger charge is 2.50. The monoisotopic (exact) mass is 866 g/mol. The van der Waals surface area contributed by atoms with Crippen molar-refractivity contribution in [1.82, 2.24) is 4.90 Å². The molecule has 342 valence electrons. The lowest BCUT2D eigenvalue weighted by Crippen LogP contribution is -2.57. The molecule has 9 atom stereocenters. The second kappa shape index (κ2) is 18.7. The summed E-state index contributed by atoms with van der Waals surface area (Å²) in [4.78, 5) is 56.2. The van der Waals surface area contributed by atoms with E-state index >= 15 is 0 Å². The Morgan fingerprint density at radius 1 is 0.903 bits per heavy atom. The average Bonchev–Trinajstić information content (AvgIpc) is 3.43. The predicted molar refractivity (Wildman–Crippen MR) is 234 cm³/mol. The third kappa shape index (κ3) is 10.1. The number of anilines is 1. The number of fused-ring (bicyclic) bond motifs is 14. The second-order valence-electron chi connectivity index (χ2n) is 18.8. The number of methoxy groups -OCH3 is 1. The number of nitrogens with zero attached hydrogens (tertiary/aromatic N) is 1. The summed E-state index contributed by atoms with van der Waals surface area (Å²) in [6.07, 6.45) is 3.58. The summed E-state index contributed by atoms with van der Waals surface area (Å²) in [7, 11) is 1.44. The van der Waals surface area contributed by atoms with E-state index in [2.05, 4.69) is 5.32 Å². The van der Waals surface area contributed by atoms with Crippen LogP contribution in [0.3, 0.4) is 0 Å². The van der Waals surface area contributed by atoms with Gasteiger partial charge in [0, 0.05) is 78.3 Å². The molecule has 2 aromatic carbocycles. The number of hydrogen-bond acceptors (Lipinski definition) is 13. The largest absolute Gasteiger partial charge is 0.507 e. The van der Waals surface area contributed by atoms with Crippen molar-refractivity contribution in [3.05, 3.63) is 53.3 Å². The number of benzene rings is 2. The summed E-state index contributed by atoms with van der Waals surface area (Å²) in [6, 6.07) is 1.28. The van der Waals surface area contributed by atoms with Crippen molar-refractivity contribution in [1.29, 1.82) is 0 Å². The number of phenolic OH excluding ortho intramolecular Hbond substituents is 2. The van der Waals surface area contributed by atoms with Gasteiger partial charge in [-0.2, -0.15) is 0 Å². The highest BCUT2D eigenvalue weighted by molar-refractivity contribution is 6.21. The molecule has 0 radical (unpaired) electrons. The van der Waals surface area contributed by atoms with Crippen LogP contribution in [0, 0.1) is 30.6 Å². The fraction of sp³-hybridized carbons (Fsp3) is 0.574. The van der Waals surface area contributed by atoms with Crippen LogP contribution in [-0.2, 0) is 28.6 Å². The van der Waals surface area contributed by atoms with Crippen molar-refractivity contribution in [2.24, 2.45) is 23.7 Å². The number of esters is 1. The minimum absolute atomic E-state index is 0.0645. The number of carbonyl (C=O) groups excluding carboxylic acids is 4. The van der Waals surface area contributed by atoms with Gasteiger partial charge in [-0.25, -0.2) is 0 Å². The summed E-state index contributed by atoms with van der Waals surface area (Å²) in [5.74, 6) is -8.14. The van der Waals surface area contributed by atoms with Gasteiger partial charge < -0.3 is 54.3 Å². The van der Waals surface area contributed by atoms with Crippen molar-refractivity contribution in [2.45, 2.75) is 138 Å². The Labute approximate surface area is 364 Å². The molecule has 2 amide bonds. The molecule has 3 aliphatic rings. The van der Waals surface area contributed by atoms with Crippen LogP contribution < -0.4 is 14.8 Å². The fourth-order valence-electron chi connectivity index (χ4n) is 8.71. The number of aliphatic hydroxyl groups excluding tert-OH is 2. The maximum absolute atomic E-state index is 14.6. The van der Waals surface area contributed by atoms with E-state index in [4.69, 9.17) is 23.7 Å². The maximum atomic E-state index is 14.6. The van der Waals surface area contributed by atoms with Gasteiger partial charge >= 0.3 is 11.8 Å². The topological polar surface area (TPSA) is 211 Å². The zero-order valence-corrected chi connectivity index (χ0v) is 38.7. The van der Waals surface area contributed by atoms with E-state index in [9.17, 15) is 39.6 Å². The molecule has 15 nitrogen and oxygen atoms in total. The SMILES string of the molecule is COC1/C=C/OC2(C)Oc3c(C)c(O)c4c(O)c(cc(OCC(=O)N(C(C)(C)C)C(C)(C)C)c4c3C2=O)NC(=O)/C(C)=C/C=C/C(C)C(O)C(C)C(O)C(C)C(OC(C)=O)C1C. The number of phenols is 2. The van der Waals surface area contributed by atoms with Crippen LogP contribution in [0.25, 0.3) is 10.8 Å². The first-order valence-electron chi connectivity index (χ1n) is 20.9. The highest BCUT2D eigenvalue weighted by atomic mass is 16.7. The summed E-state index contributed by atoms with van der Waals surface area (Å²) in [5, 5.41) is 48.7. The molecule has 15 heteroatoms. The Morgan fingerprint density at radius 3 is 2.08 bits per heavy atom. The molecule has 0 saturated heterocycles. The number of ketones is 1. The van der Waals surface area contributed by atoms with Crippen molar-refractivity contribution >= 4 is 40.0 Å². The summed E-state index contributed by atoms with van der Waals surface area (Å²) >= 11 is 0. The maximum Gasteiger partial charge on any atom is 0.312 e. The number of aromatic hydroxyl groups is 2. The van der Waals surface area contributed by atoms with E-state index < -0.39 is 107 Å². The summed E-state index contributed by atoms with van der Waals surface area (Å²) in [5.41, 5.74) is -1.28. The summed E-state index contributed by atoms with van der Waals surface area (Å²) in [6.45, 7) is 23.4. The highest BCUT2D eigenvalue weighted by Crippen LogP contribution is 2.54. The Kier molecular flexibility index (Phi) is 14.9. The molecule has 0 fully saturated rings. The predicted octanol–water partition coefficient (Wildman–Crippen LogP) is 6.85. The van der Waals surface area contributed by atoms with Gasteiger partial charge in [0.05, 0.1) is 41.2 Å². The number of amides is 2. The molecule has 0 saturated carbocycles. The van der Waals surface area contributed by atoms with Crippen molar-refractivity contribution in [3.63, 3.8) is 0 Å². The number of ether oxygens (including phenoxy) is 5. The lowest BCUT2D eigenvalue weighted by Gasteiger charge is -2.45. The number of aliphatic hydroxyl groups is 2. The first kappa shape index (κ1) is 49.5. The van der Waals surface area contributed by atoms with Gasteiger partial charge in [0.15, 0.2) is 12.4 Å². The smallest absolute Gasteiger partial charge is 0.312 e. The van der Waals surface area contributed by atoms with Crippen LogP contribution in [0.5, 0.6) is 23.0 Å². The number of Topliss-reactive ketones (excluding diaryl/α,β-unsaturated/α-hetero) is 1. The normalized spacial score (nSPS) is 29.5. The first-order valence-corrected chi connectivity index (χ1v) is 20.9. The molecular formula is C47H66N2O13. The van der Waals surface area contributed by atoms with E-state index in [0.29, 0.717) is 0 Å². The van der Waals surface area contributed by atoms with Gasteiger partial charge in [0.1, 0.15) is 23.4 Å². The van der Waals surface area contributed by atoms with Gasteiger partial charge in [0.25, 0.3) is 17.6 Å². The quantitative estimate of drug-likeness (QED) is 0.154. The molecule has 3 aliphatic heterocycles.